The lowest BCUT2D eigenvalue weighted by Gasteiger charge is -2.12. The second-order valence-electron chi connectivity index (χ2n) is 12.6. The molecule has 244 valence electrons. The van der Waals surface area contributed by atoms with E-state index in [1.165, 1.54) is 10.8 Å². The van der Waals surface area contributed by atoms with Crippen LogP contribution in [-0.4, -0.2) is 24.9 Å². The van der Waals surface area contributed by atoms with Gasteiger partial charge in [-0.3, -0.25) is 9.97 Å². The van der Waals surface area contributed by atoms with Gasteiger partial charge in [-0.1, -0.05) is 140 Å². The minimum Gasteiger partial charge on any atom is -0.255 e. The summed E-state index contributed by atoms with van der Waals surface area (Å²) in [6.07, 6.45) is 3.71. The van der Waals surface area contributed by atoms with Crippen LogP contribution in [0.4, 0.5) is 0 Å². The minimum atomic E-state index is 0.682. The second kappa shape index (κ2) is 13.7. The van der Waals surface area contributed by atoms with E-state index < -0.39 is 0 Å². The summed E-state index contributed by atoms with van der Waals surface area (Å²) in [5, 5.41) is 2.38. The third kappa shape index (κ3) is 6.23. The monoisotopic (exact) mass is 665 g/mol. The van der Waals surface area contributed by atoms with Gasteiger partial charge in [0, 0.05) is 34.6 Å². The zero-order chi connectivity index (χ0) is 34.7. The van der Waals surface area contributed by atoms with E-state index in [2.05, 4.69) is 120 Å². The maximum Gasteiger partial charge on any atom is 0.160 e. The standard InChI is InChI=1S/C47H31N5/c1-3-13-34(14-4-1)43-30-44(35-15-5-2-6-16-35)52-47(51-43)36-23-21-32(22-24-36)37-25-26-42(49-31-37)46-29-38(28-45(50-46)41-20-9-10-27-48-41)40-19-11-17-33-12-7-8-18-39(33)40/h1-31H. The average molecular weight is 666 g/mol. The van der Waals surface area contributed by atoms with Crippen LogP contribution in [0, 0.1) is 0 Å². The van der Waals surface area contributed by atoms with E-state index in [-0.39, 0.29) is 0 Å². The molecule has 0 aliphatic carbocycles. The van der Waals surface area contributed by atoms with Crippen molar-refractivity contribution in [3.63, 3.8) is 0 Å². The van der Waals surface area contributed by atoms with Crippen molar-refractivity contribution in [2.45, 2.75) is 0 Å². The van der Waals surface area contributed by atoms with Crippen LogP contribution in [0.15, 0.2) is 188 Å². The van der Waals surface area contributed by atoms with Gasteiger partial charge >= 0.3 is 0 Å². The summed E-state index contributed by atoms with van der Waals surface area (Å²) in [4.78, 5) is 24.6. The fraction of sp³-hybridized carbons (Fsp3) is 0. The summed E-state index contributed by atoms with van der Waals surface area (Å²) >= 11 is 0. The van der Waals surface area contributed by atoms with E-state index in [4.69, 9.17) is 19.9 Å². The molecule has 0 amide bonds. The Labute approximate surface area is 302 Å². The predicted octanol–water partition coefficient (Wildman–Crippen LogP) is 11.5. The van der Waals surface area contributed by atoms with Crippen molar-refractivity contribution >= 4 is 10.8 Å². The second-order valence-corrected chi connectivity index (χ2v) is 12.6. The molecule has 4 aromatic heterocycles. The van der Waals surface area contributed by atoms with Crippen LogP contribution in [-0.2, 0) is 0 Å². The summed E-state index contributed by atoms with van der Waals surface area (Å²) in [7, 11) is 0. The van der Waals surface area contributed by atoms with Gasteiger partial charge in [-0.2, -0.15) is 0 Å². The molecule has 0 atom stereocenters. The summed E-state index contributed by atoms with van der Waals surface area (Å²) in [5.74, 6) is 0.682. The molecule has 0 unspecified atom stereocenters. The minimum absolute atomic E-state index is 0.682. The highest BCUT2D eigenvalue weighted by Crippen LogP contribution is 2.34. The third-order valence-corrected chi connectivity index (χ3v) is 9.22. The molecule has 0 spiro atoms. The number of pyridine rings is 3. The molecule has 4 heterocycles. The summed E-state index contributed by atoms with van der Waals surface area (Å²) in [6.45, 7) is 0. The van der Waals surface area contributed by atoms with Gasteiger partial charge in [0.1, 0.15) is 0 Å². The van der Waals surface area contributed by atoms with Gasteiger partial charge in [0.25, 0.3) is 0 Å². The molecule has 0 bridgehead atoms. The van der Waals surface area contributed by atoms with E-state index in [0.717, 1.165) is 73.1 Å². The Bertz CT molecular complexity index is 2580. The van der Waals surface area contributed by atoms with Gasteiger partial charge in [0.15, 0.2) is 5.82 Å². The number of benzene rings is 5. The molecule has 52 heavy (non-hydrogen) atoms. The fourth-order valence-electron chi connectivity index (χ4n) is 6.56. The van der Waals surface area contributed by atoms with Crippen LogP contribution in [0.1, 0.15) is 0 Å². The van der Waals surface area contributed by atoms with Crippen molar-refractivity contribution in [3.05, 3.63) is 188 Å². The average Bonchev–Trinajstić information content (AvgIpc) is 3.24. The first-order chi connectivity index (χ1) is 25.7. The highest BCUT2D eigenvalue weighted by atomic mass is 14.9. The number of hydrogen-bond donors (Lipinski definition) is 0. The van der Waals surface area contributed by atoms with Crippen molar-refractivity contribution in [1.29, 1.82) is 0 Å². The van der Waals surface area contributed by atoms with Gasteiger partial charge in [-0.05, 0) is 63.9 Å². The normalized spacial score (nSPS) is 11.1. The Morgan fingerprint density at radius 3 is 1.56 bits per heavy atom. The first kappa shape index (κ1) is 30.9. The summed E-state index contributed by atoms with van der Waals surface area (Å²) < 4.78 is 0. The van der Waals surface area contributed by atoms with Crippen LogP contribution in [0.3, 0.4) is 0 Å². The molecule has 0 radical (unpaired) electrons. The van der Waals surface area contributed by atoms with Crippen LogP contribution < -0.4 is 0 Å². The summed E-state index contributed by atoms with van der Waals surface area (Å²) in [5.41, 5.74) is 12.3. The molecule has 0 saturated heterocycles. The SMILES string of the molecule is c1ccc(-c2cc(-c3ccccc3)nc(-c3ccc(-c4ccc(-c5cc(-c6cccc7ccccc67)cc(-c6ccccn6)n5)nc4)cc3)n2)cc1. The zero-order valence-electron chi connectivity index (χ0n) is 28.1. The number of aromatic nitrogens is 5. The molecule has 0 saturated carbocycles. The van der Waals surface area contributed by atoms with Crippen molar-refractivity contribution in [2.24, 2.45) is 0 Å². The third-order valence-electron chi connectivity index (χ3n) is 9.22. The molecule has 9 rings (SSSR count). The fourth-order valence-corrected chi connectivity index (χ4v) is 6.56. The van der Waals surface area contributed by atoms with Crippen LogP contribution in [0.25, 0.3) is 89.7 Å². The van der Waals surface area contributed by atoms with Gasteiger partial charge in [0.05, 0.1) is 34.2 Å². The summed E-state index contributed by atoms with van der Waals surface area (Å²) in [6, 6.07) is 60.0. The lowest BCUT2D eigenvalue weighted by Crippen LogP contribution is -1.96. The maximum atomic E-state index is 5.05. The molecular formula is C47H31N5. The quantitative estimate of drug-likeness (QED) is 0.169. The Kier molecular flexibility index (Phi) is 8.12. The molecule has 5 nitrogen and oxygen atoms in total. The molecule has 5 aromatic carbocycles. The number of hydrogen-bond acceptors (Lipinski definition) is 5. The first-order valence-electron chi connectivity index (χ1n) is 17.2. The smallest absolute Gasteiger partial charge is 0.160 e. The van der Waals surface area contributed by atoms with Crippen LogP contribution >= 0.6 is 0 Å². The number of nitrogens with zero attached hydrogens (tertiary/aromatic N) is 5. The van der Waals surface area contributed by atoms with Gasteiger partial charge in [-0.15, -0.1) is 0 Å². The lowest BCUT2D eigenvalue weighted by molar-refractivity contribution is 1.18. The predicted molar refractivity (Wildman–Crippen MR) is 211 cm³/mol. The van der Waals surface area contributed by atoms with E-state index >= 15 is 0 Å². The molecular weight excluding hydrogens is 635 g/mol. The first-order valence-corrected chi connectivity index (χ1v) is 17.2. The Hall–Kier alpha value is -7.11. The topological polar surface area (TPSA) is 64.5 Å². The molecule has 0 fully saturated rings. The van der Waals surface area contributed by atoms with E-state index in [1.807, 2.05) is 66.9 Å². The van der Waals surface area contributed by atoms with Crippen molar-refractivity contribution in [2.75, 3.05) is 0 Å². The zero-order valence-corrected chi connectivity index (χ0v) is 28.1. The van der Waals surface area contributed by atoms with Crippen LogP contribution in [0.5, 0.6) is 0 Å². The lowest BCUT2D eigenvalue weighted by atomic mass is 9.97. The molecule has 9 aromatic rings. The largest absolute Gasteiger partial charge is 0.255 e. The highest BCUT2D eigenvalue weighted by molar-refractivity contribution is 5.97. The Morgan fingerprint density at radius 2 is 0.904 bits per heavy atom. The molecule has 0 aliphatic heterocycles. The van der Waals surface area contributed by atoms with Crippen molar-refractivity contribution in [3.8, 4) is 78.9 Å². The van der Waals surface area contributed by atoms with E-state index in [1.54, 1.807) is 6.20 Å². The highest BCUT2D eigenvalue weighted by Gasteiger charge is 2.14. The number of fused-ring (bicyclic) bond motifs is 1. The Morgan fingerprint density at radius 1 is 0.308 bits per heavy atom. The van der Waals surface area contributed by atoms with Gasteiger partial charge < -0.3 is 0 Å². The number of rotatable bonds is 7. The molecule has 0 aliphatic rings. The van der Waals surface area contributed by atoms with E-state index in [0.29, 0.717) is 5.82 Å². The van der Waals surface area contributed by atoms with Gasteiger partial charge in [-0.25, -0.2) is 15.0 Å². The molecule has 0 N–H and O–H groups in total. The van der Waals surface area contributed by atoms with Crippen molar-refractivity contribution < 1.29 is 0 Å². The van der Waals surface area contributed by atoms with Crippen LogP contribution in [0.2, 0.25) is 0 Å². The van der Waals surface area contributed by atoms with Crippen molar-refractivity contribution in [1.82, 2.24) is 24.9 Å². The Balaban J connectivity index is 1.05. The van der Waals surface area contributed by atoms with Gasteiger partial charge in [0.2, 0.25) is 0 Å². The van der Waals surface area contributed by atoms with E-state index in [9.17, 15) is 0 Å². The maximum absolute atomic E-state index is 5.05. The molecule has 5 heteroatoms.